The number of hydrogen-bond acceptors (Lipinski definition) is 2. The van der Waals surface area contributed by atoms with Crippen LogP contribution < -0.4 is 5.32 Å². The maximum Gasteiger partial charge on any atom is 0.159 e. The molecule has 0 heterocycles. The number of halogens is 7. The molecule has 0 aliphatic carbocycles. The van der Waals surface area contributed by atoms with E-state index in [0.29, 0.717) is 21.1 Å². The van der Waals surface area contributed by atoms with Crippen LogP contribution in [0.5, 0.6) is 0 Å². The summed E-state index contributed by atoms with van der Waals surface area (Å²) < 4.78 is 51.7. The maximum absolute atomic E-state index is 12.9. The van der Waals surface area contributed by atoms with Crippen LogP contribution in [-0.4, -0.2) is 32.1 Å². The van der Waals surface area contributed by atoms with Gasteiger partial charge in [-0.25, -0.2) is 17.6 Å². The second-order valence-corrected chi connectivity index (χ2v) is 7.86. The van der Waals surface area contributed by atoms with E-state index >= 15 is 0 Å². The highest BCUT2D eigenvalue weighted by atomic mass is 79.9. The molecular formula is C20H25Br2ClF4N2. The van der Waals surface area contributed by atoms with Gasteiger partial charge in [0.2, 0.25) is 0 Å². The third-order valence-electron chi connectivity index (χ3n) is 3.66. The summed E-state index contributed by atoms with van der Waals surface area (Å²) in [4.78, 5) is 2.01. The van der Waals surface area contributed by atoms with Crippen molar-refractivity contribution < 1.29 is 17.6 Å². The minimum absolute atomic E-state index is 0.164. The predicted octanol–water partition coefficient (Wildman–Crippen LogP) is 6.87. The van der Waals surface area contributed by atoms with Gasteiger partial charge in [-0.1, -0.05) is 45.7 Å². The number of hydrogen-bond donors (Lipinski definition) is 1. The molecule has 0 saturated heterocycles. The lowest BCUT2D eigenvalue weighted by molar-refractivity contribution is 0.343. The van der Waals surface area contributed by atoms with Crippen molar-refractivity contribution in [2.24, 2.45) is 0 Å². The van der Waals surface area contributed by atoms with Gasteiger partial charge in [-0.15, -0.1) is 11.6 Å². The molecule has 0 aromatic heterocycles. The van der Waals surface area contributed by atoms with Crippen molar-refractivity contribution in [3.05, 3.63) is 67.6 Å². The van der Waals surface area contributed by atoms with Crippen molar-refractivity contribution in [1.29, 1.82) is 0 Å². The second-order valence-electron chi connectivity index (χ2n) is 5.89. The molecule has 0 aliphatic rings. The van der Waals surface area contributed by atoms with Crippen molar-refractivity contribution in [1.82, 2.24) is 10.2 Å². The van der Waals surface area contributed by atoms with E-state index in [0.717, 1.165) is 36.9 Å². The van der Waals surface area contributed by atoms with Crippen LogP contribution in [0.2, 0.25) is 0 Å². The van der Waals surface area contributed by atoms with E-state index < -0.39 is 23.3 Å². The van der Waals surface area contributed by atoms with Gasteiger partial charge < -0.3 is 10.2 Å². The topological polar surface area (TPSA) is 15.3 Å². The first-order chi connectivity index (χ1) is 13.6. The van der Waals surface area contributed by atoms with Gasteiger partial charge in [0, 0.05) is 21.4 Å². The average Bonchev–Trinajstić information content (AvgIpc) is 2.69. The van der Waals surface area contributed by atoms with Gasteiger partial charge in [-0.05, 0) is 62.6 Å². The minimum Gasteiger partial charge on any atom is -0.320 e. The van der Waals surface area contributed by atoms with E-state index in [-0.39, 0.29) is 5.88 Å². The fraction of sp³-hybridized carbons (Fsp3) is 0.400. The fourth-order valence-corrected chi connectivity index (χ4v) is 3.03. The summed E-state index contributed by atoms with van der Waals surface area (Å²) in [6, 6.07) is 4.53. The molecule has 0 radical (unpaired) electrons. The minimum atomic E-state index is -0.871. The van der Waals surface area contributed by atoms with Gasteiger partial charge in [-0.3, -0.25) is 0 Å². The Morgan fingerprint density at radius 3 is 1.62 bits per heavy atom. The molecule has 2 aromatic carbocycles. The van der Waals surface area contributed by atoms with Crippen LogP contribution in [-0.2, 0) is 12.4 Å². The Bertz CT molecular complexity index is 762. The highest BCUT2D eigenvalue weighted by molar-refractivity contribution is 9.10. The lowest BCUT2D eigenvalue weighted by Crippen LogP contribution is -2.17. The predicted molar refractivity (Wildman–Crippen MR) is 119 cm³/mol. The van der Waals surface area contributed by atoms with Gasteiger partial charge in [0.25, 0.3) is 0 Å². The van der Waals surface area contributed by atoms with Crippen molar-refractivity contribution in [3.8, 4) is 0 Å². The zero-order chi connectivity index (χ0) is 22.6. The van der Waals surface area contributed by atoms with E-state index in [2.05, 4.69) is 44.1 Å². The van der Waals surface area contributed by atoms with E-state index in [1.165, 1.54) is 6.07 Å². The summed E-state index contributed by atoms with van der Waals surface area (Å²) in [6.45, 7) is 6.62. The van der Waals surface area contributed by atoms with Gasteiger partial charge in [0.15, 0.2) is 23.3 Å². The van der Waals surface area contributed by atoms with E-state index in [4.69, 9.17) is 11.6 Å². The molecule has 1 N–H and O–H groups in total. The molecule has 0 aliphatic heterocycles. The number of alkyl halides is 1. The Morgan fingerprint density at radius 2 is 1.24 bits per heavy atom. The fourth-order valence-electron chi connectivity index (χ4n) is 1.75. The Labute approximate surface area is 191 Å². The summed E-state index contributed by atoms with van der Waals surface area (Å²) in [5.41, 5.74) is 1.30. The molecule has 2 nitrogen and oxygen atoms in total. The molecule has 0 saturated carbocycles. The van der Waals surface area contributed by atoms with Gasteiger partial charge in [0.1, 0.15) is 0 Å². The molecular weight excluding hydrogens is 539 g/mol. The quantitative estimate of drug-likeness (QED) is 0.242. The van der Waals surface area contributed by atoms with Crippen molar-refractivity contribution in [3.63, 3.8) is 0 Å². The number of nitrogens with zero attached hydrogens (tertiary/aromatic N) is 1. The van der Waals surface area contributed by atoms with Crippen LogP contribution in [0.3, 0.4) is 0 Å². The number of rotatable bonds is 5. The maximum atomic E-state index is 12.9. The van der Waals surface area contributed by atoms with Crippen LogP contribution >= 0.6 is 43.5 Å². The highest BCUT2D eigenvalue weighted by Crippen LogP contribution is 2.22. The lowest BCUT2D eigenvalue weighted by Gasteiger charge is -2.15. The molecule has 0 unspecified atom stereocenters. The highest BCUT2D eigenvalue weighted by Gasteiger charge is 2.09. The van der Waals surface area contributed by atoms with Gasteiger partial charge in [-0.2, -0.15) is 0 Å². The van der Waals surface area contributed by atoms with Crippen molar-refractivity contribution in [2.75, 3.05) is 27.2 Å². The van der Waals surface area contributed by atoms with E-state index in [1.807, 2.05) is 25.9 Å². The molecule has 9 heteroatoms. The van der Waals surface area contributed by atoms with Gasteiger partial charge >= 0.3 is 0 Å². The Balaban J connectivity index is 0.000000466. The van der Waals surface area contributed by atoms with Crippen LogP contribution in [0.1, 0.15) is 25.0 Å². The zero-order valence-corrected chi connectivity index (χ0v) is 20.7. The summed E-state index contributed by atoms with van der Waals surface area (Å²) in [5, 5.41) is 2.93. The Kier molecular flexibility index (Phi) is 14.8. The van der Waals surface area contributed by atoms with E-state index in [1.54, 1.807) is 0 Å². The average molecular weight is 565 g/mol. The summed E-state index contributed by atoms with van der Waals surface area (Å²) in [5.74, 6) is -3.19. The number of nitrogens with one attached hydrogen (secondary N) is 1. The zero-order valence-electron chi connectivity index (χ0n) is 16.7. The van der Waals surface area contributed by atoms with Crippen molar-refractivity contribution >= 4 is 43.5 Å². The Morgan fingerprint density at radius 1 is 0.862 bits per heavy atom. The standard InChI is InChI=1S/C10H12BrF2N.C7H4BrClF2.C3H9N/c1-3-14(2)6-7-4-9(12)10(13)5-8(7)11;8-5-2-7(11)6(10)1-4(5)3-9;1-3-4-2/h4-5H,3,6H2,1-2H3;1-2H,3H2;4H,3H2,1-2H3. The SMILES string of the molecule is CCN(C)Cc1cc(F)c(F)cc1Br.CCNC.Fc1cc(Br)c(CCl)cc1F. The monoisotopic (exact) mass is 562 g/mol. The third-order valence-corrected chi connectivity index (χ3v) is 5.42. The summed E-state index contributed by atoms with van der Waals surface area (Å²) >= 11 is 11.7. The van der Waals surface area contributed by atoms with Crippen LogP contribution in [0.15, 0.2) is 33.2 Å². The molecule has 164 valence electrons. The molecule has 0 fully saturated rings. The smallest absolute Gasteiger partial charge is 0.159 e. The van der Waals surface area contributed by atoms with Gasteiger partial charge in [0.05, 0.1) is 0 Å². The third kappa shape index (κ3) is 10.8. The van der Waals surface area contributed by atoms with Crippen molar-refractivity contribution in [2.45, 2.75) is 26.3 Å². The first-order valence-corrected chi connectivity index (χ1v) is 10.9. The normalized spacial score (nSPS) is 10.2. The number of benzene rings is 2. The largest absolute Gasteiger partial charge is 0.320 e. The molecule has 0 atom stereocenters. The first kappa shape index (κ1) is 28.3. The summed E-state index contributed by atoms with van der Waals surface area (Å²) in [7, 11) is 3.85. The lowest BCUT2D eigenvalue weighted by atomic mass is 10.2. The molecule has 0 bridgehead atoms. The molecule has 0 spiro atoms. The van der Waals surface area contributed by atoms with Crippen LogP contribution in [0.25, 0.3) is 0 Å². The molecule has 0 amide bonds. The summed E-state index contributed by atoms with van der Waals surface area (Å²) in [6.07, 6.45) is 0. The molecule has 2 rings (SSSR count). The van der Waals surface area contributed by atoms with Crippen LogP contribution in [0, 0.1) is 23.3 Å². The molecule has 2 aromatic rings. The van der Waals surface area contributed by atoms with Crippen LogP contribution in [0.4, 0.5) is 17.6 Å². The molecule has 29 heavy (non-hydrogen) atoms. The second kappa shape index (κ2) is 15.2. The first-order valence-electron chi connectivity index (χ1n) is 8.77. The Hall–Kier alpha value is -0.670. The van der Waals surface area contributed by atoms with E-state index in [9.17, 15) is 17.6 Å².